The maximum absolute atomic E-state index is 11.6. The van der Waals surface area contributed by atoms with Crippen molar-refractivity contribution in [2.45, 2.75) is 39.3 Å². The maximum atomic E-state index is 11.6. The van der Waals surface area contributed by atoms with Crippen LogP contribution < -0.4 is 16.2 Å². The molecular weight excluding hydrogens is 443 g/mol. The van der Waals surface area contributed by atoms with Crippen molar-refractivity contribution in [1.82, 2.24) is 25.0 Å². The van der Waals surface area contributed by atoms with Gasteiger partial charge in [-0.05, 0) is 38.3 Å². The average Bonchev–Trinajstić information content (AvgIpc) is 3.13. The highest BCUT2D eigenvalue weighted by Gasteiger charge is 1.98. The molecule has 0 unspecified atom stereocenters. The van der Waals surface area contributed by atoms with Crippen molar-refractivity contribution in [3.63, 3.8) is 0 Å². The summed E-state index contributed by atoms with van der Waals surface area (Å²) in [6.45, 7) is 6.12. The van der Waals surface area contributed by atoms with Crippen molar-refractivity contribution >= 4 is 29.9 Å². The molecule has 144 valence electrons. The Labute approximate surface area is 171 Å². The first-order valence-electron chi connectivity index (χ1n) is 8.94. The molecule has 2 heterocycles. The van der Waals surface area contributed by atoms with Crippen molar-refractivity contribution in [2.24, 2.45) is 4.99 Å². The van der Waals surface area contributed by atoms with Crippen LogP contribution in [-0.4, -0.2) is 39.9 Å². The van der Waals surface area contributed by atoms with Crippen LogP contribution in [0.5, 0.6) is 0 Å². The van der Waals surface area contributed by atoms with E-state index in [2.05, 4.69) is 27.6 Å². The third kappa shape index (κ3) is 8.50. The van der Waals surface area contributed by atoms with E-state index in [-0.39, 0.29) is 29.5 Å². The number of hydrogen-bond acceptors (Lipinski definition) is 3. The fourth-order valence-corrected chi connectivity index (χ4v) is 2.46. The fraction of sp³-hybridized carbons (Fsp3) is 0.500. The normalized spacial score (nSPS) is 11.0. The zero-order valence-electron chi connectivity index (χ0n) is 15.3. The minimum atomic E-state index is 0. The van der Waals surface area contributed by atoms with Gasteiger partial charge in [-0.2, -0.15) is 5.10 Å². The standard InChI is InChI=1S/C18H28N6O.HI/c1-2-19-18(21-11-7-15-24-16-8-12-22-24)20-10-4-6-14-23-13-5-3-9-17(23)25;/h3,5,8-9,12-13,16H,2,4,6-7,10-11,14-15H2,1H3,(H2,19,20,21);1H. The molecule has 0 amide bonds. The van der Waals surface area contributed by atoms with Crippen LogP contribution in [0.2, 0.25) is 0 Å². The molecule has 0 fully saturated rings. The lowest BCUT2D eigenvalue weighted by atomic mass is 10.3. The molecule has 0 atom stereocenters. The monoisotopic (exact) mass is 472 g/mol. The molecule has 0 radical (unpaired) electrons. The van der Waals surface area contributed by atoms with Crippen LogP contribution in [0, 0.1) is 0 Å². The number of guanidine groups is 1. The Morgan fingerprint density at radius 1 is 1.12 bits per heavy atom. The first-order chi connectivity index (χ1) is 12.3. The SMILES string of the molecule is CCNC(=NCCCn1cccn1)NCCCCn1ccccc1=O.I. The van der Waals surface area contributed by atoms with Gasteiger partial charge in [0.2, 0.25) is 5.56 Å². The van der Waals surface area contributed by atoms with E-state index in [4.69, 9.17) is 0 Å². The summed E-state index contributed by atoms with van der Waals surface area (Å²) in [5.74, 6) is 0.847. The van der Waals surface area contributed by atoms with Crippen molar-refractivity contribution in [3.8, 4) is 0 Å². The molecule has 2 aromatic heterocycles. The molecule has 2 N–H and O–H groups in total. The Morgan fingerprint density at radius 3 is 2.73 bits per heavy atom. The predicted octanol–water partition coefficient (Wildman–Crippen LogP) is 2.09. The van der Waals surface area contributed by atoms with Crippen molar-refractivity contribution in [1.29, 1.82) is 0 Å². The molecule has 0 saturated heterocycles. The lowest BCUT2D eigenvalue weighted by molar-refractivity contribution is 0.578. The van der Waals surface area contributed by atoms with Gasteiger partial charge in [0.15, 0.2) is 5.96 Å². The van der Waals surface area contributed by atoms with Gasteiger partial charge in [-0.25, -0.2) is 0 Å². The first-order valence-corrected chi connectivity index (χ1v) is 8.94. The lowest BCUT2D eigenvalue weighted by Gasteiger charge is -2.11. The number of rotatable bonds is 10. The fourth-order valence-electron chi connectivity index (χ4n) is 2.46. The van der Waals surface area contributed by atoms with Gasteiger partial charge < -0.3 is 15.2 Å². The number of halogens is 1. The first kappa shape index (κ1) is 22.2. The Hall–Kier alpha value is -1.84. The third-order valence-electron chi connectivity index (χ3n) is 3.74. The Balaban J connectivity index is 0.00000338. The number of hydrogen-bond donors (Lipinski definition) is 2. The number of unbranched alkanes of at least 4 members (excludes halogenated alkanes) is 1. The second-order valence-corrected chi connectivity index (χ2v) is 5.75. The van der Waals surface area contributed by atoms with Crippen molar-refractivity contribution in [3.05, 3.63) is 53.2 Å². The lowest BCUT2D eigenvalue weighted by Crippen LogP contribution is -2.38. The summed E-state index contributed by atoms with van der Waals surface area (Å²) < 4.78 is 3.66. The summed E-state index contributed by atoms with van der Waals surface area (Å²) in [7, 11) is 0. The molecule has 0 aliphatic carbocycles. The highest BCUT2D eigenvalue weighted by atomic mass is 127. The second-order valence-electron chi connectivity index (χ2n) is 5.75. The largest absolute Gasteiger partial charge is 0.357 e. The Bertz CT molecular complexity index is 683. The number of pyridine rings is 1. The van der Waals surface area contributed by atoms with Crippen LogP contribution in [0.3, 0.4) is 0 Å². The van der Waals surface area contributed by atoms with E-state index >= 15 is 0 Å². The summed E-state index contributed by atoms with van der Waals surface area (Å²) in [6, 6.07) is 7.18. The molecular formula is C18H29IN6O. The van der Waals surface area contributed by atoms with Gasteiger partial charge in [0.25, 0.3) is 0 Å². The van der Waals surface area contributed by atoms with E-state index in [0.29, 0.717) is 0 Å². The topological polar surface area (TPSA) is 76.2 Å². The molecule has 2 aromatic rings. The summed E-state index contributed by atoms with van der Waals surface area (Å²) >= 11 is 0. The predicted molar refractivity (Wildman–Crippen MR) is 116 cm³/mol. The summed E-state index contributed by atoms with van der Waals surface area (Å²) in [4.78, 5) is 16.2. The molecule has 0 aliphatic rings. The molecule has 0 spiro atoms. The summed E-state index contributed by atoms with van der Waals surface area (Å²) in [6.07, 6.45) is 8.48. The molecule has 0 aliphatic heterocycles. The highest BCUT2D eigenvalue weighted by Crippen LogP contribution is 1.93. The molecule has 0 saturated carbocycles. The number of nitrogens with zero attached hydrogens (tertiary/aromatic N) is 4. The van der Waals surface area contributed by atoms with Crippen LogP contribution in [-0.2, 0) is 13.1 Å². The van der Waals surface area contributed by atoms with Crippen molar-refractivity contribution in [2.75, 3.05) is 19.6 Å². The van der Waals surface area contributed by atoms with E-state index in [9.17, 15) is 4.79 Å². The molecule has 2 rings (SSSR count). The van der Waals surface area contributed by atoms with Gasteiger partial charge in [-0.15, -0.1) is 24.0 Å². The van der Waals surface area contributed by atoms with Crippen LogP contribution in [0.1, 0.15) is 26.2 Å². The van der Waals surface area contributed by atoms with Crippen LogP contribution in [0.15, 0.2) is 52.6 Å². The van der Waals surface area contributed by atoms with Gasteiger partial charge in [0.05, 0.1) is 0 Å². The van der Waals surface area contributed by atoms with E-state index in [1.165, 1.54) is 0 Å². The van der Waals surface area contributed by atoms with Crippen molar-refractivity contribution < 1.29 is 0 Å². The zero-order valence-corrected chi connectivity index (χ0v) is 17.6. The maximum Gasteiger partial charge on any atom is 0.250 e. The quantitative estimate of drug-likeness (QED) is 0.240. The van der Waals surface area contributed by atoms with Crippen LogP contribution >= 0.6 is 24.0 Å². The molecule has 7 nitrogen and oxygen atoms in total. The molecule has 8 heteroatoms. The second kappa shape index (κ2) is 13.4. The van der Waals surface area contributed by atoms with E-state index in [1.807, 2.05) is 29.2 Å². The zero-order chi connectivity index (χ0) is 17.7. The van der Waals surface area contributed by atoms with Gasteiger partial charge in [0.1, 0.15) is 0 Å². The minimum Gasteiger partial charge on any atom is -0.357 e. The number of aryl methyl sites for hydroxylation is 2. The number of aliphatic imine (C=N–C) groups is 1. The molecule has 26 heavy (non-hydrogen) atoms. The van der Waals surface area contributed by atoms with Crippen LogP contribution in [0.25, 0.3) is 0 Å². The van der Waals surface area contributed by atoms with Gasteiger partial charge in [0, 0.05) is 57.4 Å². The Morgan fingerprint density at radius 2 is 2.00 bits per heavy atom. The third-order valence-corrected chi connectivity index (χ3v) is 3.74. The number of aromatic nitrogens is 3. The molecule has 0 aromatic carbocycles. The smallest absolute Gasteiger partial charge is 0.250 e. The summed E-state index contributed by atoms with van der Waals surface area (Å²) in [5.41, 5.74) is 0.0579. The Kier molecular flexibility index (Phi) is 11.4. The highest BCUT2D eigenvalue weighted by molar-refractivity contribution is 14.0. The van der Waals surface area contributed by atoms with E-state index in [1.54, 1.807) is 22.9 Å². The summed E-state index contributed by atoms with van der Waals surface area (Å²) in [5, 5.41) is 10.8. The van der Waals surface area contributed by atoms with Gasteiger partial charge in [-0.3, -0.25) is 14.5 Å². The number of nitrogens with one attached hydrogen (secondary N) is 2. The van der Waals surface area contributed by atoms with Gasteiger partial charge in [-0.1, -0.05) is 6.07 Å². The average molecular weight is 472 g/mol. The molecule has 0 bridgehead atoms. The van der Waals surface area contributed by atoms with Crippen LogP contribution in [0.4, 0.5) is 0 Å². The van der Waals surface area contributed by atoms with E-state index in [0.717, 1.165) is 57.9 Å². The van der Waals surface area contributed by atoms with Gasteiger partial charge >= 0.3 is 0 Å². The van der Waals surface area contributed by atoms with E-state index < -0.39 is 0 Å². The minimum absolute atomic E-state index is 0.